The molecule has 2 aliphatic rings. The van der Waals surface area contributed by atoms with E-state index in [1.807, 2.05) is 31.2 Å². The van der Waals surface area contributed by atoms with Crippen LogP contribution in [0.15, 0.2) is 24.3 Å². The van der Waals surface area contributed by atoms with Gasteiger partial charge in [-0.05, 0) is 78.3 Å². The highest BCUT2D eigenvalue weighted by Gasteiger charge is 2.36. The summed E-state index contributed by atoms with van der Waals surface area (Å²) in [7, 11) is 0. The molecule has 3 rings (SSSR count). The van der Waals surface area contributed by atoms with Crippen LogP contribution in [-0.4, -0.2) is 102 Å². The van der Waals surface area contributed by atoms with E-state index < -0.39 is 29.6 Å². The number of aryl methyl sites for hydroxylation is 1. The van der Waals surface area contributed by atoms with Crippen LogP contribution in [0.1, 0.15) is 76.8 Å². The third kappa shape index (κ3) is 11.7. The topological polar surface area (TPSA) is 125 Å². The summed E-state index contributed by atoms with van der Waals surface area (Å²) in [5, 5.41) is 12.2. The number of nitrogens with one attached hydrogen (secondary N) is 1. The third-order valence-corrected chi connectivity index (χ3v) is 7.99. The highest BCUT2D eigenvalue weighted by atomic mass is 16.6. The number of hydrogen-bond donors (Lipinski definition) is 2. The Labute approximate surface area is 256 Å². The zero-order chi connectivity index (χ0) is 31.4. The summed E-state index contributed by atoms with van der Waals surface area (Å²) in [5.74, 6) is -1.77. The fourth-order valence-electron chi connectivity index (χ4n) is 5.70. The van der Waals surface area contributed by atoms with Crippen LogP contribution in [0.4, 0.5) is 0 Å². The van der Waals surface area contributed by atoms with E-state index in [1.54, 1.807) is 25.7 Å². The number of hydrogen-bond acceptors (Lipinski definition) is 8. The number of Topliss-reactive ketones (excluding diaryl/α,β-unsaturated/α-hetero) is 1. The number of esters is 1. The molecule has 2 aliphatic heterocycles. The minimum Gasteiger partial charge on any atom is -0.458 e. The Morgan fingerprint density at radius 3 is 2.47 bits per heavy atom. The molecule has 0 saturated carbocycles. The van der Waals surface area contributed by atoms with Crippen LogP contribution in [0.5, 0.6) is 0 Å². The summed E-state index contributed by atoms with van der Waals surface area (Å²) < 4.78 is 11.1. The molecule has 3 atom stereocenters. The molecule has 10 heteroatoms. The molecule has 2 N–H and O–H groups in total. The summed E-state index contributed by atoms with van der Waals surface area (Å²) in [6.07, 6.45) is 3.28. The van der Waals surface area contributed by atoms with Crippen molar-refractivity contribution in [2.75, 3.05) is 46.0 Å². The number of nitrogens with zero attached hydrogens (tertiary/aromatic N) is 2. The van der Waals surface area contributed by atoms with Gasteiger partial charge >= 0.3 is 5.97 Å². The number of amides is 2. The summed E-state index contributed by atoms with van der Waals surface area (Å²) in [5.41, 5.74) is 1.32. The van der Waals surface area contributed by atoms with Gasteiger partial charge in [-0.2, -0.15) is 0 Å². The second-order valence-electron chi connectivity index (χ2n) is 12.8. The van der Waals surface area contributed by atoms with Crippen molar-refractivity contribution in [3.05, 3.63) is 35.4 Å². The normalized spacial score (nSPS) is 18.3. The van der Waals surface area contributed by atoms with Gasteiger partial charge in [0.25, 0.3) is 0 Å². The quantitative estimate of drug-likeness (QED) is 0.219. The molecule has 0 bridgehead atoms. The van der Waals surface area contributed by atoms with E-state index >= 15 is 0 Å². The lowest BCUT2D eigenvalue weighted by molar-refractivity contribution is -0.159. The molecule has 2 saturated heterocycles. The predicted octanol–water partition coefficient (Wildman–Crippen LogP) is 2.82. The largest absolute Gasteiger partial charge is 0.458 e. The van der Waals surface area contributed by atoms with Crippen molar-refractivity contribution in [1.82, 2.24) is 15.1 Å². The Bertz CT molecular complexity index is 1080. The monoisotopic (exact) mass is 601 g/mol. The van der Waals surface area contributed by atoms with Gasteiger partial charge in [0.15, 0.2) is 5.78 Å². The number of carbonyl (C=O) groups excluding carboxylic acids is 4. The standard InChI is InChI=1S/C33H51N3O7/c1-24-9-7-10-25(21-24)22-28(36-14-8-12-30(36)39)29(38)23-26(13-15-35-16-19-42-20-17-35)31(40)34-27(11-5-6-18-37)32(41)43-33(2,3)4/h7,9-10,21,26-28,37H,5-6,8,11-20,22-23H2,1-4H3,(H,34,40)/t26-,27+,28?/m1/s1. The maximum absolute atomic E-state index is 14.0. The Balaban J connectivity index is 1.81. The molecule has 43 heavy (non-hydrogen) atoms. The van der Waals surface area contributed by atoms with E-state index in [9.17, 15) is 24.3 Å². The number of aliphatic hydroxyl groups is 1. The van der Waals surface area contributed by atoms with Crippen LogP contribution in [0, 0.1) is 12.8 Å². The van der Waals surface area contributed by atoms with Crippen molar-refractivity contribution in [3.8, 4) is 0 Å². The van der Waals surface area contributed by atoms with Gasteiger partial charge in [0.1, 0.15) is 11.6 Å². The average Bonchev–Trinajstić information content (AvgIpc) is 3.38. The highest BCUT2D eigenvalue weighted by Crippen LogP contribution is 2.23. The first-order chi connectivity index (χ1) is 20.5. The maximum atomic E-state index is 14.0. The molecule has 2 heterocycles. The van der Waals surface area contributed by atoms with Crippen molar-refractivity contribution in [3.63, 3.8) is 0 Å². The van der Waals surface area contributed by atoms with Gasteiger partial charge in [0.2, 0.25) is 11.8 Å². The van der Waals surface area contributed by atoms with E-state index in [2.05, 4.69) is 10.2 Å². The van der Waals surface area contributed by atoms with Crippen molar-refractivity contribution in [2.24, 2.45) is 5.92 Å². The fraction of sp³-hybridized carbons (Fsp3) is 0.697. The van der Waals surface area contributed by atoms with E-state index in [0.717, 1.165) is 24.2 Å². The van der Waals surface area contributed by atoms with Gasteiger partial charge in [-0.1, -0.05) is 29.8 Å². The number of morpholine rings is 1. The summed E-state index contributed by atoms with van der Waals surface area (Å²) in [6, 6.07) is 6.40. The van der Waals surface area contributed by atoms with E-state index in [-0.39, 0.29) is 30.6 Å². The van der Waals surface area contributed by atoms with Crippen LogP contribution in [-0.2, 0) is 35.1 Å². The molecule has 0 radical (unpaired) electrons. The zero-order valence-corrected chi connectivity index (χ0v) is 26.4. The summed E-state index contributed by atoms with van der Waals surface area (Å²) >= 11 is 0. The molecular weight excluding hydrogens is 550 g/mol. The Hall–Kier alpha value is -2.82. The van der Waals surface area contributed by atoms with E-state index in [0.29, 0.717) is 71.2 Å². The molecular formula is C33H51N3O7. The van der Waals surface area contributed by atoms with Gasteiger partial charge in [0, 0.05) is 45.0 Å². The van der Waals surface area contributed by atoms with Crippen LogP contribution in [0.2, 0.25) is 0 Å². The van der Waals surface area contributed by atoms with Crippen LogP contribution < -0.4 is 5.32 Å². The Kier molecular flexibility index (Phi) is 13.6. The molecule has 0 aliphatic carbocycles. The minimum atomic E-state index is -0.887. The second kappa shape index (κ2) is 16.9. The van der Waals surface area contributed by atoms with Gasteiger partial charge in [-0.25, -0.2) is 4.79 Å². The molecule has 1 aromatic carbocycles. The predicted molar refractivity (Wildman–Crippen MR) is 163 cm³/mol. The maximum Gasteiger partial charge on any atom is 0.329 e. The second-order valence-corrected chi connectivity index (χ2v) is 12.8. The van der Waals surface area contributed by atoms with Gasteiger partial charge in [0.05, 0.1) is 19.3 Å². The molecule has 240 valence electrons. The van der Waals surface area contributed by atoms with E-state index in [1.165, 1.54) is 0 Å². The number of carbonyl (C=O) groups is 4. The van der Waals surface area contributed by atoms with Crippen LogP contribution in [0.3, 0.4) is 0 Å². The van der Waals surface area contributed by atoms with E-state index in [4.69, 9.17) is 9.47 Å². The van der Waals surface area contributed by atoms with Crippen molar-refractivity contribution < 1.29 is 33.8 Å². The lowest BCUT2D eigenvalue weighted by atomic mass is 9.90. The number of aliphatic hydroxyl groups excluding tert-OH is 1. The Morgan fingerprint density at radius 1 is 1.09 bits per heavy atom. The van der Waals surface area contributed by atoms with Gasteiger partial charge < -0.3 is 24.8 Å². The third-order valence-electron chi connectivity index (χ3n) is 7.99. The van der Waals surface area contributed by atoms with Crippen LogP contribution >= 0.6 is 0 Å². The average molecular weight is 602 g/mol. The van der Waals surface area contributed by atoms with Crippen molar-refractivity contribution in [1.29, 1.82) is 0 Å². The zero-order valence-electron chi connectivity index (χ0n) is 26.4. The highest BCUT2D eigenvalue weighted by molar-refractivity contribution is 5.94. The number of benzene rings is 1. The number of unbranched alkanes of at least 4 members (excludes halogenated alkanes) is 1. The minimum absolute atomic E-state index is 0.0107. The molecule has 10 nitrogen and oxygen atoms in total. The lowest BCUT2D eigenvalue weighted by Crippen LogP contribution is -2.49. The van der Waals surface area contributed by atoms with Crippen molar-refractivity contribution >= 4 is 23.6 Å². The summed E-state index contributed by atoms with van der Waals surface area (Å²) in [4.78, 5) is 57.6. The number of ketones is 1. The van der Waals surface area contributed by atoms with Gasteiger partial charge in [-0.3, -0.25) is 19.3 Å². The van der Waals surface area contributed by atoms with Crippen molar-refractivity contribution in [2.45, 2.75) is 96.7 Å². The first kappa shape index (κ1) is 34.7. The van der Waals surface area contributed by atoms with Gasteiger partial charge in [-0.15, -0.1) is 0 Å². The molecule has 1 unspecified atom stereocenters. The number of likely N-dealkylation sites (tertiary alicyclic amines) is 1. The fourth-order valence-corrected chi connectivity index (χ4v) is 5.70. The molecule has 2 fully saturated rings. The molecule has 2 amide bonds. The lowest BCUT2D eigenvalue weighted by Gasteiger charge is -2.31. The molecule has 1 aromatic rings. The number of rotatable bonds is 16. The molecule has 0 aromatic heterocycles. The smallest absolute Gasteiger partial charge is 0.329 e. The summed E-state index contributed by atoms with van der Waals surface area (Å²) in [6.45, 7) is 11.2. The first-order valence-electron chi connectivity index (χ1n) is 15.8. The van der Waals surface area contributed by atoms with Crippen LogP contribution in [0.25, 0.3) is 0 Å². The Morgan fingerprint density at radius 2 is 1.84 bits per heavy atom. The first-order valence-corrected chi connectivity index (χ1v) is 15.8. The number of ether oxygens (including phenoxy) is 2. The SMILES string of the molecule is Cc1cccc(CC(C(=O)C[C@@H](CCN2CCOCC2)C(=O)N[C@@H](CCCCO)C(=O)OC(C)(C)C)N2CCCC2=O)c1. The molecule has 0 spiro atoms.